The smallest absolute Gasteiger partial charge is 0.261 e. The summed E-state index contributed by atoms with van der Waals surface area (Å²) in [6.45, 7) is 1.01. The SMILES string of the molecule is CS(C)=NP(C)(=O)F. The Morgan fingerprint density at radius 3 is 2.00 bits per heavy atom. The molecule has 0 aliphatic rings. The molecule has 0 fully saturated rings. The van der Waals surface area contributed by atoms with Gasteiger partial charge in [0, 0.05) is 6.66 Å². The van der Waals surface area contributed by atoms with Crippen LogP contribution in [0.1, 0.15) is 0 Å². The van der Waals surface area contributed by atoms with Crippen molar-refractivity contribution in [1.82, 2.24) is 0 Å². The predicted molar refractivity (Wildman–Crippen MR) is 36.3 cm³/mol. The highest BCUT2D eigenvalue weighted by Crippen LogP contribution is 2.44. The van der Waals surface area contributed by atoms with Crippen LogP contribution >= 0.6 is 7.60 Å². The topological polar surface area (TPSA) is 29.4 Å². The van der Waals surface area contributed by atoms with E-state index >= 15 is 0 Å². The maximum atomic E-state index is 12.0. The third kappa shape index (κ3) is 6.31. The molecule has 0 radical (unpaired) electrons. The van der Waals surface area contributed by atoms with Crippen molar-refractivity contribution in [3.8, 4) is 0 Å². The minimum absolute atomic E-state index is 0.398. The van der Waals surface area contributed by atoms with Crippen LogP contribution in [0.5, 0.6) is 0 Å². The summed E-state index contributed by atoms with van der Waals surface area (Å²) in [6.07, 6.45) is 3.44. The van der Waals surface area contributed by atoms with E-state index in [2.05, 4.69) is 4.13 Å². The molecule has 0 aromatic carbocycles. The number of halogens is 1. The van der Waals surface area contributed by atoms with Crippen LogP contribution in [0, 0.1) is 0 Å². The van der Waals surface area contributed by atoms with Crippen LogP contribution < -0.4 is 0 Å². The van der Waals surface area contributed by atoms with Gasteiger partial charge in [-0.2, -0.15) is 8.33 Å². The molecule has 0 N–H and O–H groups in total. The molecule has 2 nitrogen and oxygen atoms in total. The lowest BCUT2D eigenvalue weighted by molar-refractivity contribution is 0.548. The van der Waals surface area contributed by atoms with Crippen molar-refractivity contribution in [1.29, 1.82) is 0 Å². The van der Waals surface area contributed by atoms with Crippen LogP contribution in [0.25, 0.3) is 0 Å². The van der Waals surface area contributed by atoms with Crippen molar-refractivity contribution >= 4 is 18.3 Å². The standard InChI is InChI=1S/C3H9FNOPS/c1-7(4,6)5-8(2)3/h1-3H3. The van der Waals surface area contributed by atoms with E-state index in [0.29, 0.717) is 0 Å². The first-order valence-electron chi connectivity index (χ1n) is 2.00. The van der Waals surface area contributed by atoms with Crippen molar-refractivity contribution in [3.63, 3.8) is 0 Å². The average molecular weight is 157 g/mol. The molecule has 0 rings (SSSR count). The summed E-state index contributed by atoms with van der Waals surface area (Å²) in [5.41, 5.74) is 0. The maximum absolute atomic E-state index is 12.0. The number of hydrogen-bond acceptors (Lipinski definition) is 1. The molecule has 50 valence electrons. The molecule has 5 heteroatoms. The van der Waals surface area contributed by atoms with Gasteiger partial charge in [0.15, 0.2) is 0 Å². The van der Waals surface area contributed by atoms with Gasteiger partial charge in [0.1, 0.15) is 0 Å². The Hall–Kier alpha value is 0.310. The Labute approximate surface area is 51.1 Å². The minimum atomic E-state index is -3.58. The molecular weight excluding hydrogens is 148 g/mol. The van der Waals surface area contributed by atoms with Gasteiger partial charge < -0.3 is 0 Å². The first-order chi connectivity index (χ1) is 3.42. The summed E-state index contributed by atoms with van der Waals surface area (Å²) in [6, 6.07) is 0. The average Bonchev–Trinajstić information content (AvgIpc) is 1.21. The molecule has 0 aromatic heterocycles. The Morgan fingerprint density at radius 1 is 1.62 bits per heavy atom. The van der Waals surface area contributed by atoms with Crippen LogP contribution in [0.4, 0.5) is 4.20 Å². The lowest BCUT2D eigenvalue weighted by atomic mass is 11.9. The minimum Gasteiger partial charge on any atom is -0.261 e. The molecule has 0 bridgehead atoms. The summed E-state index contributed by atoms with van der Waals surface area (Å²) < 4.78 is 25.6. The predicted octanol–water partition coefficient (Wildman–Crippen LogP) is 1.84. The molecule has 0 heterocycles. The van der Waals surface area contributed by atoms with Gasteiger partial charge in [0.2, 0.25) is 0 Å². The summed E-state index contributed by atoms with van der Waals surface area (Å²) in [5.74, 6) is 0. The van der Waals surface area contributed by atoms with Gasteiger partial charge in [-0.25, -0.2) is 0 Å². The van der Waals surface area contributed by atoms with E-state index in [1.807, 2.05) is 0 Å². The molecule has 0 aromatic rings. The Kier molecular flexibility index (Phi) is 2.84. The fourth-order valence-corrected chi connectivity index (χ4v) is 2.63. The summed E-state index contributed by atoms with van der Waals surface area (Å²) >= 11 is 0. The zero-order valence-electron chi connectivity index (χ0n) is 5.09. The van der Waals surface area contributed by atoms with Gasteiger partial charge >= 0.3 is 7.60 Å². The molecule has 1 unspecified atom stereocenters. The molecule has 0 aliphatic carbocycles. The lowest BCUT2D eigenvalue weighted by Gasteiger charge is -1.92. The molecule has 0 amide bonds. The summed E-state index contributed by atoms with van der Waals surface area (Å²) in [4.78, 5) is 0. The van der Waals surface area contributed by atoms with Crippen LogP contribution in [-0.4, -0.2) is 19.2 Å². The zero-order chi connectivity index (χ0) is 6.78. The van der Waals surface area contributed by atoms with Gasteiger partial charge in [-0.3, -0.25) is 4.57 Å². The second kappa shape index (κ2) is 2.74. The Morgan fingerprint density at radius 2 is 2.00 bits per heavy atom. The molecule has 8 heavy (non-hydrogen) atoms. The van der Waals surface area contributed by atoms with Crippen molar-refractivity contribution < 1.29 is 8.76 Å². The van der Waals surface area contributed by atoms with E-state index in [1.54, 1.807) is 12.5 Å². The van der Waals surface area contributed by atoms with Crippen molar-refractivity contribution in [2.24, 2.45) is 4.13 Å². The third-order valence-corrected chi connectivity index (χ3v) is 2.78. The van der Waals surface area contributed by atoms with Crippen LogP contribution in [-0.2, 0) is 15.3 Å². The van der Waals surface area contributed by atoms with Crippen LogP contribution in [0.3, 0.4) is 0 Å². The fourth-order valence-electron chi connectivity index (χ4n) is 0.292. The van der Waals surface area contributed by atoms with E-state index in [9.17, 15) is 8.76 Å². The Balaban J connectivity index is 4.11. The first kappa shape index (κ1) is 8.31. The van der Waals surface area contributed by atoms with Gasteiger partial charge in [0.05, 0.1) is 0 Å². The van der Waals surface area contributed by atoms with E-state index in [1.165, 1.54) is 0 Å². The molecular formula is C3H9FNOPS. The molecule has 0 saturated carbocycles. The largest absolute Gasteiger partial charge is 0.354 e. The van der Waals surface area contributed by atoms with Crippen LogP contribution in [0.15, 0.2) is 4.13 Å². The third-order valence-electron chi connectivity index (χ3n) is 0.309. The quantitative estimate of drug-likeness (QED) is 0.534. The fraction of sp³-hybridized carbons (Fsp3) is 1.00. The van der Waals surface area contributed by atoms with E-state index in [4.69, 9.17) is 0 Å². The highest BCUT2D eigenvalue weighted by Gasteiger charge is 2.06. The molecule has 0 saturated heterocycles. The van der Waals surface area contributed by atoms with Gasteiger partial charge in [-0.1, -0.05) is 10.7 Å². The number of nitrogens with zero attached hydrogens (tertiary/aromatic N) is 1. The summed E-state index contributed by atoms with van der Waals surface area (Å²) in [7, 11) is -3.98. The van der Waals surface area contributed by atoms with Crippen molar-refractivity contribution in [3.05, 3.63) is 0 Å². The molecule has 0 aliphatic heterocycles. The van der Waals surface area contributed by atoms with Crippen molar-refractivity contribution in [2.45, 2.75) is 0 Å². The normalized spacial score (nSPS) is 18.1. The lowest BCUT2D eigenvalue weighted by Crippen LogP contribution is -1.75. The second-order valence-corrected chi connectivity index (χ2v) is 5.39. The zero-order valence-corrected chi connectivity index (χ0v) is 6.80. The second-order valence-electron chi connectivity index (χ2n) is 1.63. The van der Waals surface area contributed by atoms with E-state index < -0.39 is 18.3 Å². The van der Waals surface area contributed by atoms with E-state index in [-0.39, 0.29) is 0 Å². The number of rotatable bonds is 1. The first-order valence-corrected chi connectivity index (χ1v) is 5.99. The Bertz CT molecular complexity index is 147. The number of hydrogen-bond donors (Lipinski definition) is 0. The highest BCUT2D eigenvalue weighted by molar-refractivity contribution is 7.89. The van der Waals surface area contributed by atoms with Crippen LogP contribution in [0.2, 0.25) is 0 Å². The monoisotopic (exact) mass is 157 g/mol. The van der Waals surface area contributed by atoms with E-state index in [0.717, 1.165) is 6.66 Å². The molecule has 1 atom stereocenters. The maximum Gasteiger partial charge on any atom is 0.354 e. The van der Waals surface area contributed by atoms with Crippen molar-refractivity contribution in [2.75, 3.05) is 19.2 Å². The van der Waals surface area contributed by atoms with Gasteiger partial charge in [-0.15, -0.1) is 0 Å². The highest BCUT2D eigenvalue weighted by atomic mass is 32.2. The van der Waals surface area contributed by atoms with Gasteiger partial charge in [0.25, 0.3) is 0 Å². The summed E-state index contributed by atoms with van der Waals surface area (Å²) in [5, 5.41) is 0. The van der Waals surface area contributed by atoms with Gasteiger partial charge in [-0.05, 0) is 12.5 Å². The molecule has 0 spiro atoms.